The van der Waals surface area contributed by atoms with Gasteiger partial charge in [-0.2, -0.15) is 0 Å². The van der Waals surface area contributed by atoms with Gasteiger partial charge in [-0.15, -0.1) is 0 Å². The van der Waals surface area contributed by atoms with Crippen molar-refractivity contribution < 1.29 is 64.6 Å². The van der Waals surface area contributed by atoms with Crippen LogP contribution in [-0.4, -0.2) is 94.3 Å². The molecule has 0 bridgehead atoms. The second-order valence-corrected chi connectivity index (χ2v) is 10.0. The van der Waals surface area contributed by atoms with Crippen LogP contribution >= 0.6 is 0 Å². The van der Waals surface area contributed by atoms with Gasteiger partial charge in [0.2, 0.25) is 6.29 Å². The fourth-order valence-electron chi connectivity index (χ4n) is 4.54. The van der Waals surface area contributed by atoms with E-state index in [4.69, 9.17) is 13.9 Å². The van der Waals surface area contributed by atoms with Crippen molar-refractivity contribution in [3.8, 4) is 57.1 Å². The van der Waals surface area contributed by atoms with E-state index >= 15 is 0 Å². The third-order valence-electron chi connectivity index (χ3n) is 6.87. The number of rotatable bonds is 8. The quantitative estimate of drug-likeness (QED) is 0.0755. The van der Waals surface area contributed by atoms with Gasteiger partial charge in [-0.25, -0.2) is 0 Å². The minimum absolute atomic E-state index is 0.00320. The van der Waals surface area contributed by atoms with E-state index in [1.165, 1.54) is 24.3 Å². The van der Waals surface area contributed by atoms with Crippen LogP contribution in [0.5, 0.6) is 34.5 Å². The van der Waals surface area contributed by atoms with Gasteiger partial charge in [-0.05, 0) is 42.0 Å². The molecule has 0 radical (unpaired) electrons. The van der Waals surface area contributed by atoms with E-state index in [0.717, 1.165) is 24.3 Å². The summed E-state index contributed by atoms with van der Waals surface area (Å²) in [5, 5.41) is 91.7. The topological polar surface area (TPSA) is 244 Å². The highest BCUT2D eigenvalue weighted by atomic mass is 16.7. The summed E-state index contributed by atoms with van der Waals surface area (Å²) in [5.41, 5.74) is 0.00926. The van der Waals surface area contributed by atoms with Gasteiger partial charge in [-0.3, -0.25) is 4.79 Å². The van der Waals surface area contributed by atoms with Crippen molar-refractivity contribution in [2.45, 2.75) is 37.0 Å². The number of aromatic hydroxyl groups is 5. The Balaban J connectivity index is 1.41. The molecule has 2 aromatic carbocycles. The Morgan fingerprint density at radius 2 is 1.55 bits per heavy atom. The first kappa shape index (κ1) is 30.6. The lowest BCUT2D eigenvalue weighted by molar-refractivity contribution is -0.303. The van der Waals surface area contributed by atoms with Gasteiger partial charge in [0.05, 0.1) is 5.56 Å². The minimum atomic E-state index is -1.83. The second kappa shape index (κ2) is 12.4. The smallest absolute Gasteiger partial charge is 0.283 e. The molecule has 0 spiro atoms. The van der Waals surface area contributed by atoms with E-state index in [0.29, 0.717) is 5.56 Å². The molecule has 10 N–H and O–H groups in total. The number of phenols is 5. The van der Waals surface area contributed by atoms with Crippen LogP contribution in [0.15, 0.2) is 69.9 Å². The van der Waals surface area contributed by atoms with Crippen molar-refractivity contribution in [2.75, 3.05) is 6.61 Å². The standard InChI is InChI=1S/C30H28O14/c31-15-4-1-13(2-5-15)3-6-24(36)41-12-23-26(38)27(39)28(40)30(44-23)43-22-11-17-18(33)9-16(32)10-21(17)42-29(22)14-7-19(34)25(37)20(35)8-14/h1-11,23-24,26-28,30-31,33-40H,12H2/p+1. The molecule has 14 nitrogen and oxygen atoms in total. The first-order valence-corrected chi connectivity index (χ1v) is 13.2. The van der Waals surface area contributed by atoms with Gasteiger partial charge in [0.1, 0.15) is 35.6 Å². The molecule has 1 fully saturated rings. The van der Waals surface area contributed by atoms with Gasteiger partial charge in [-0.1, -0.05) is 12.1 Å². The maximum absolute atomic E-state index is 12.0. The third-order valence-corrected chi connectivity index (χ3v) is 6.87. The predicted octanol–water partition coefficient (Wildman–Crippen LogP) is 0.686. The van der Waals surface area contributed by atoms with Crippen molar-refractivity contribution >= 4 is 6.08 Å². The fraction of sp³-hybridized carbons (Fsp3) is 0.233. The van der Waals surface area contributed by atoms with Crippen molar-refractivity contribution in [2.24, 2.45) is 0 Å². The number of benzene rings is 3. The highest BCUT2D eigenvalue weighted by Gasteiger charge is 2.47. The van der Waals surface area contributed by atoms with Crippen LogP contribution in [0.1, 0.15) is 5.56 Å². The van der Waals surface area contributed by atoms with Gasteiger partial charge in [0.15, 0.2) is 46.9 Å². The normalized spacial score (nSPS) is 22.8. The van der Waals surface area contributed by atoms with E-state index < -0.39 is 65.4 Å². The Labute approximate surface area is 248 Å². The highest BCUT2D eigenvalue weighted by Crippen LogP contribution is 2.45. The Morgan fingerprint density at radius 3 is 2.23 bits per heavy atom. The number of phenolic OH excluding ortho intramolecular Hbond substituents is 5. The summed E-state index contributed by atoms with van der Waals surface area (Å²) in [6.07, 6.45) is -6.71. The lowest BCUT2D eigenvalue weighted by atomic mass is 9.99. The molecule has 2 heterocycles. The van der Waals surface area contributed by atoms with E-state index in [1.807, 2.05) is 0 Å². The van der Waals surface area contributed by atoms with Crippen molar-refractivity contribution in [1.82, 2.24) is 0 Å². The lowest BCUT2D eigenvalue weighted by Crippen LogP contribution is -2.60. The summed E-state index contributed by atoms with van der Waals surface area (Å²) < 4.78 is 21.3. The van der Waals surface area contributed by atoms with E-state index in [-0.39, 0.29) is 40.8 Å². The molecule has 5 rings (SSSR count). The molecule has 1 saturated heterocycles. The van der Waals surface area contributed by atoms with E-state index in [9.17, 15) is 50.8 Å². The molecule has 3 aliphatic rings. The molecule has 0 saturated carbocycles. The number of hydrogen-bond acceptors (Lipinski definition) is 13. The molecule has 14 heteroatoms. The number of fused-ring (bicyclic) bond motifs is 1. The predicted molar refractivity (Wildman–Crippen MR) is 151 cm³/mol. The molecule has 2 aromatic rings. The van der Waals surface area contributed by atoms with Crippen LogP contribution in [0.3, 0.4) is 0 Å². The molecular weight excluding hydrogens is 584 g/mol. The SMILES string of the molecule is O=c1cc2oc(-c3cc(O)c(O)c(O)c3)c(OC3OC(C[OH+]C(O)C=Cc4ccc(O)cc4)C(O)C(O)C3O)cc-2c(O)c1. The van der Waals surface area contributed by atoms with Crippen molar-refractivity contribution in [1.29, 1.82) is 0 Å². The number of aliphatic hydroxyl groups excluding tert-OH is 4. The average Bonchev–Trinajstić information content (AvgIpc) is 2.98. The lowest BCUT2D eigenvalue weighted by Gasteiger charge is -2.39. The van der Waals surface area contributed by atoms with E-state index in [2.05, 4.69) is 4.74 Å². The third kappa shape index (κ3) is 6.40. The molecule has 2 aliphatic heterocycles. The molecule has 6 unspecified atom stereocenters. The zero-order valence-electron chi connectivity index (χ0n) is 22.6. The molecule has 6 atom stereocenters. The van der Waals surface area contributed by atoms with Crippen LogP contribution in [0.4, 0.5) is 0 Å². The van der Waals surface area contributed by atoms with Crippen LogP contribution in [0, 0.1) is 0 Å². The molecular formula is C30H29O14+. The van der Waals surface area contributed by atoms with Crippen molar-refractivity contribution in [3.63, 3.8) is 0 Å². The number of ether oxygens (including phenoxy) is 3. The zero-order valence-corrected chi connectivity index (χ0v) is 22.6. The summed E-state index contributed by atoms with van der Waals surface area (Å²) in [6.45, 7) is -0.354. The van der Waals surface area contributed by atoms with Crippen LogP contribution in [0.25, 0.3) is 28.7 Å². The molecule has 1 aliphatic carbocycles. The maximum atomic E-state index is 12.0. The Hall–Kier alpha value is -4.83. The van der Waals surface area contributed by atoms with E-state index in [1.54, 1.807) is 18.2 Å². The van der Waals surface area contributed by atoms with Gasteiger partial charge >= 0.3 is 0 Å². The molecule has 44 heavy (non-hydrogen) atoms. The van der Waals surface area contributed by atoms with Crippen LogP contribution in [0.2, 0.25) is 0 Å². The molecule has 232 valence electrons. The fourth-order valence-corrected chi connectivity index (χ4v) is 4.54. The highest BCUT2D eigenvalue weighted by molar-refractivity contribution is 5.77. The van der Waals surface area contributed by atoms with Gasteiger partial charge in [0, 0.05) is 23.8 Å². The Morgan fingerprint density at radius 1 is 0.864 bits per heavy atom. The summed E-state index contributed by atoms with van der Waals surface area (Å²) >= 11 is 0. The summed E-state index contributed by atoms with van der Waals surface area (Å²) in [4.78, 5) is 12.0. The average molecular weight is 614 g/mol. The Kier molecular flexibility index (Phi) is 8.64. The first-order chi connectivity index (χ1) is 20.9. The zero-order chi connectivity index (χ0) is 31.7. The minimum Gasteiger partial charge on any atom is -0.508 e. The first-order valence-electron chi connectivity index (χ1n) is 13.2. The number of aliphatic hydroxyl groups is 6. The summed E-state index contributed by atoms with van der Waals surface area (Å²) in [7, 11) is 0. The van der Waals surface area contributed by atoms with Gasteiger partial charge in [0.25, 0.3) is 6.29 Å². The molecule has 0 aromatic heterocycles. The summed E-state index contributed by atoms with van der Waals surface area (Å²) in [6, 6.07) is 11.4. The van der Waals surface area contributed by atoms with Crippen molar-refractivity contribution in [3.05, 3.63) is 76.5 Å². The Bertz CT molecular complexity index is 1660. The number of hydrogen-bond donors (Lipinski definition) is 9. The van der Waals surface area contributed by atoms with Gasteiger partial charge < -0.3 is 64.6 Å². The van der Waals surface area contributed by atoms with Crippen LogP contribution in [-0.2, 0) is 4.74 Å². The maximum Gasteiger partial charge on any atom is 0.283 e. The second-order valence-electron chi connectivity index (χ2n) is 10.0. The van der Waals surface area contributed by atoms with Crippen LogP contribution < -0.4 is 10.2 Å². The monoisotopic (exact) mass is 613 g/mol. The molecule has 0 amide bonds. The largest absolute Gasteiger partial charge is 0.508 e. The summed E-state index contributed by atoms with van der Waals surface area (Å²) in [5.74, 6) is -3.30.